The van der Waals surface area contributed by atoms with E-state index >= 15 is 0 Å². The van der Waals surface area contributed by atoms with E-state index < -0.39 is 0 Å². The molecule has 0 radical (unpaired) electrons. The smallest absolute Gasteiger partial charge is 0.229 e. The van der Waals surface area contributed by atoms with Crippen LogP contribution in [-0.4, -0.2) is 49.2 Å². The molecule has 2 rings (SSSR count). The van der Waals surface area contributed by atoms with Crippen molar-refractivity contribution in [3.63, 3.8) is 0 Å². The summed E-state index contributed by atoms with van der Waals surface area (Å²) < 4.78 is 5.68. The number of amides is 1. The first-order chi connectivity index (χ1) is 8.01. The third-order valence-corrected chi connectivity index (χ3v) is 3.82. The van der Waals surface area contributed by atoms with Crippen molar-refractivity contribution in [2.45, 2.75) is 45.8 Å². The van der Waals surface area contributed by atoms with Gasteiger partial charge in [0.05, 0.1) is 17.6 Å². The van der Waals surface area contributed by atoms with Crippen molar-refractivity contribution in [1.82, 2.24) is 10.2 Å². The summed E-state index contributed by atoms with van der Waals surface area (Å²) in [4.78, 5) is 14.6. The lowest BCUT2D eigenvalue weighted by Crippen LogP contribution is -2.55. The Balaban J connectivity index is 2.03. The lowest BCUT2D eigenvalue weighted by Gasteiger charge is -2.42. The number of hydrogen-bond acceptors (Lipinski definition) is 3. The Kier molecular flexibility index (Phi) is 3.73. The molecular weight excluding hydrogens is 216 g/mol. The number of nitrogens with one attached hydrogen (secondary N) is 1. The topological polar surface area (TPSA) is 41.6 Å². The molecule has 4 heteroatoms. The minimum Gasteiger partial charge on any atom is -0.372 e. The molecule has 4 nitrogen and oxygen atoms in total. The van der Waals surface area contributed by atoms with Crippen molar-refractivity contribution < 1.29 is 9.53 Å². The summed E-state index contributed by atoms with van der Waals surface area (Å²) in [6.45, 7) is 9.49. The minimum atomic E-state index is -0.213. The predicted molar refractivity (Wildman–Crippen MR) is 66.8 cm³/mol. The second-order valence-corrected chi connectivity index (χ2v) is 5.81. The zero-order valence-corrected chi connectivity index (χ0v) is 11.2. The van der Waals surface area contributed by atoms with Crippen molar-refractivity contribution in [3.05, 3.63) is 0 Å². The van der Waals surface area contributed by atoms with Crippen LogP contribution in [0.3, 0.4) is 0 Å². The van der Waals surface area contributed by atoms with Crippen LogP contribution in [-0.2, 0) is 9.53 Å². The average Bonchev–Trinajstić information content (AvgIpc) is 2.27. The summed E-state index contributed by atoms with van der Waals surface area (Å²) >= 11 is 0. The Hall–Kier alpha value is -0.610. The van der Waals surface area contributed by atoms with Crippen LogP contribution in [0.25, 0.3) is 0 Å². The summed E-state index contributed by atoms with van der Waals surface area (Å²) in [5.74, 6) is 0.298. The zero-order valence-electron chi connectivity index (χ0n) is 11.2. The van der Waals surface area contributed by atoms with Crippen molar-refractivity contribution in [3.8, 4) is 0 Å². The van der Waals surface area contributed by atoms with Crippen molar-refractivity contribution in [2.75, 3.05) is 26.2 Å². The molecule has 0 saturated carbocycles. The van der Waals surface area contributed by atoms with Crippen LogP contribution in [0.4, 0.5) is 0 Å². The standard InChI is InChI=1S/C13H24N2O2/c1-10-7-15(8-11(2)17-10)12(16)13(3)5-4-6-14-9-13/h10-11,14H,4-9H2,1-3H3/t10-,11+,13?. The zero-order chi connectivity index (χ0) is 12.5. The van der Waals surface area contributed by atoms with Crippen molar-refractivity contribution >= 4 is 5.91 Å². The summed E-state index contributed by atoms with van der Waals surface area (Å²) in [7, 11) is 0. The van der Waals surface area contributed by atoms with Crippen LogP contribution in [0, 0.1) is 5.41 Å². The Labute approximate surface area is 104 Å². The molecule has 2 aliphatic heterocycles. The van der Waals surface area contributed by atoms with Crippen LogP contribution in [0.1, 0.15) is 33.6 Å². The first-order valence-corrected chi connectivity index (χ1v) is 6.67. The van der Waals surface area contributed by atoms with E-state index in [9.17, 15) is 4.79 Å². The van der Waals surface area contributed by atoms with Gasteiger partial charge in [-0.25, -0.2) is 0 Å². The van der Waals surface area contributed by atoms with E-state index in [-0.39, 0.29) is 17.6 Å². The molecule has 1 amide bonds. The van der Waals surface area contributed by atoms with Gasteiger partial charge >= 0.3 is 0 Å². The maximum absolute atomic E-state index is 12.6. The Morgan fingerprint density at radius 1 is 1.35 bits per heavy atom. The molecule has 2 saturated heterocycles. The first-order valence-electron chi connectivity index (χ1n) is 6.67. The fourth-order valence-corrected chi connectivity index (χ4v) is 2.96. The van der Waals surface area contributed by atoms with Crippen LogP contribution >= 0.6 is 0 Å². The van der Waals surface area contributed by atoms with Gasteiger partial charge in [-0.2, -0.15) is 0 Å². The molecule has 17 heavy (non-hydrogen) atoms. The number of piperidine rings is 1. The highest BCUT2D eigenvalue weighted by Gasteiger charge is 2.39. The van der Waals surface area contributed by atoms with Crippen molar-refractivity contribution in [1.29, 1.82) is 0 Å². The molecular formula is C13H24N2O2. The number of carbonyl (C=O) groups excluding carboxylic acids is 1. The highest BCUT2D eigenvalue weighted by molar-refractivity contribution is 5.83. The third kappa shape index (κ3) is 2.80. The second-order valence-electron chi connectivity index (χ2n) is 5.81. The molecule has 2 aliphatic rings. The molecule has 1 N–H and O–H groups in total. The van der Waals surface area contributed by atoms with Gasteiger partial charge < -0.3 is 15.0 Å². The van der Waals surface area contributed by atoms with Crippen LogP contribution in [0.15, 0.2) is 0 Å². The van der Waals surface area contributed by atoms with E-state index in [1.165, 1.54) is 0 Å². The van der Waals surface area contributed by atoms with Gasteiger partial charge in [0.1, 0.15) is 0 Å². The van der Waals surface area contributed by atoms with Gasteiger partial charge in [0, 0.05) is 19.6 Å². The van der Waals surface area contributed by atoms with Gasteiger partial charge in [0.2, 0.25) is 5.91 Å². The molecule has 0 aliphatic carbocycles. The molecule has 0 spiro atoms. The largest absolute Gasteiger partial charge is 0.372 e. The van der Waals surface area contributed by atoms with Crippen molar-refractivity contribution in [2.24, 2.45) is 5.41 Å². The Bertz CT molecular complexity index is 277. The fraction of sp³-hybridized carbons (Fsp3) is 0.923. The molecule has 2 fully saturated rings. The third-order valence-electron chi connectivity index (χ3n) is 3.82. The minimum absolute atomic E-state index is 0.155. The number of morpholine rings is 1. The van der Waals surface area contributed by atoms with E-state index in [1.54, 1.807) is 0 Å². The molecule has 0 aromatic rings. The van der Waals surface area contributed by atoms with E-state index in [4.69, 9.17) is 4.74 Å². The van der Waals surface area contributed by atoms with Gasteiger partial charge in [0.15, 0.2) is 0 Å². The number of hydrogen-bond donors (Lipinski definition) is 1. The van der Waals surface area contributed by atoms with Crippen LogP contribution < -0.4 is 5.32 Å². The molecule has 1 unspecified atom stereocenters. The highest BCUT2D eigenvalue weighted by Crippen LogP contribution is 2.29. The summed E-state index contributed by atoms with van der Waals surface area (Å²) in [6.07, 6.45) is 2.40. The van der Waals surface area contributed by atoms with Gasteiger partial charge in [-0.1, -0.05) is 0 Å². The Morgan fingerprint density at radius 3 is 2.53 bits per heavy atom. The van der Waals surface area contributed by atoms with Gasteiger partial charge in [0.25, 0.3) is 0 Å². The maximum Gasteiger partial charge on any atom is 0.229 e. The lowest BCUT2D eigenvalue weighted by molar-refractivity contribution is -0.153. The summed E-state index contributed by atoms with van der Waals surface area (Å²) in [5, 5.41) is 3.34. The molecule has 3 atom stereocenters. The molecule has 0 bridgehead atoms. The molecule has 0 aromatic heterocycles. The quantitative estimate of drug-likeness (QED) is 0.744. The number of rotatable bonds is 1. The van der Waals surface area contributed by atoms with E-state index in [1.807, 2.05) is 18.7 Å². The van der Waals surface area contributed by atoms with E-state index in [2.05, 4.69) is 12.2 Å². The number of nitrogens with zero attached hydrogens (tertiary/aromatic N) is 1. The van der Waals surface area contributed by atoms with E-state index in [0.717, 1.165) is 39.0 Å². The SMILES string of the molecule is C[C@@H]1CN(C(=O)C2(C)CCCNC2)C[C@H](C)O1. The summed E-state index contributed by atoms with van der Waals surface area (Å²) in [5.41, 5.74) is -0.213. The maximum atomic E-state index is 12.6. The first kappa shape index (κ1) is 12.8. The van der Waals surface area contributed by atoms with E-state index in [0.29, 0.717) is 5.91 Å². The van der Waals surface area contributed by atoms with Gasteiger partial charge in [-0.05, 0) is 40.2 Å². The average molecular weight is 240 g/mol. The molecule has 0 aromatic carbocycles. The van der Waals surface area contributed by atoms with Crippen LogP contribution in [0.5, 0.6) is 0 Å². The van der Waals surface area contributed by atoms with Gasteiger partial charge in [-0.3, -0.25) is 4.79 Å². The lowest BCUT2D eigenvalue weighted by atomic mass is 9.81. The Morgan fingerprint density at radius 2 is 2.00 bits per heavy atom. The number of carbonyl (C=O) groups is 1. The van der Waals surface area contributed by atoms with Crippen LogP contribution in [0.2, 0.25) is 0 Å². The highest BCUT2D eigenvalue weighted by atomic mass is 16.5. The molecule has 98 valence electrons. The number of ether oxygens (including phenoxy) is 1. The predicted octanol–water partition coefficient (Wildman–Crippen LogP) is 1.01. The second kappa shape index (κ2) is 4.94. The normalized spacial score (nSPS) is 39.1. The van der Waals surface area contributed by atoms with Gasteiger partial charge in [-0.15, -0.1) is 0 Å². The monoisotopic (exact) mass is 240 g/mol. The molecule has 2 heterocycles. The summed E-state index contributed by atoms with van der Waals surface area (Å²) in [6, 6.07) is 0. The fourth-order valence-electron chi connectivity index (χ4n) is 2.96.